The predicted octanol–water partition coefficient (Wildman–Crippen LogP) is 2.71. The largest absolute Gasteiger partial charge is 0.451 e. The van der Waals surface area contributed by atoms with Gasteiger partial charge in [-0.3, -0.25) is 0 Å². The van der Waals surface area contributed by atoms with Crippen molar-refractivity contribution < 1.29 is 22.3 Å². The highest BCUT2D eigenvalue weighted by atomic mass is 19.4. The molecule has 1 heterocycles. The molecule has 1 aromatic heterocycles. The number of nitrogens with two attached hydrogens (primary N) is 1. The van der Waals surface area contributed by atoms with E-state index in [4.69, 9.17) is 10.6 Å². The van der Waals surface area contributed by atoms with Gasteiger partial charge in [0.2, 0.25) is 11.7 Å². The smallest absolute Gasteiger partial charge is 0.439 e. The van der Waals surface area contributed by atoms with Gasteiger partial charge in [-0.15, -0.1) is 0 Å². The third-order valence-electron chi connectivity index (χ3n) is 2.12. The molecule has 0 atom stereocenters. The lowest BCUT2D eigenvalue weighted by atomic mass is 10.3. The lowest BCUT2D eigenvalue weighted by Crippen LogP contribution is -2.16. The van der Waals surface area contributed by atoms with Crippen molar-refractivity contribution >= 4 is 5.82 Å². The quantitative estimate of drug-likeness (QED) is 0.516. The van der Waals surface area contributed by atoms with Gasteiger partial charge in [0.15, 0.2) is 0 Å². The first-order valence-corrected chi connectivity index (χ1v) is 5.25. The highest BCUT2D eigenvalue weighted by Crippen LogP contribution is 2.30. The van der Waals surface area contributed by atoms with E-state index in [1.165, 1.54) is 18.2 Å². The topological polar surface area (TPSA) is 73.1 Å². The number of alkyl halides is 3. The van der Waals surface area contributed by atoms with Crippen LogP contribution in [0, 0.1) is 5.82 Å². The summed E-state index contributed by atoms with van der Waals surface area (Å²) < 4.78 is 55.7. The molecule has 0 saturated carbocycles. The average molecular weight is 288 g/mol. The van der Waals surface area contributed by atoms with Crippen LogP contribution in [-0.2, 0) is 6.18 Å². The third kappa shape index (κ3) is 3.32. The van der Waals surface area contributed by atoms with E-state index in [-0.39, 0.29) is 11.6 Å². The monoisotopic (exact) mass is 288 g/mol. The van der Waals surface area contributed by atoms with Crippen molar-refractivity contribution in [2.75, 3.05) is 5.43 Å². The highest BCUT2D eigenvalue weighted by molar-refractivity contribution is 5.39. The van der Waals surface area contributed by atoms with Crippen molar-refractivity contribution in [1.29, 1.82) is 0 Å². The highest BCUT2D eigenvalue weighted by Gasteiger charge is 2.35. The molecule has 0 amide bonds. The number of hydrazine groups is 1. The van der Waals surface area contributed by atoms with E-state index in [0.29, 0.717) is 0 Å². The van der Waals surface area contributed by atoms with Crippen molar-refractivity contribution in [3.8, 4) is 11.6 Å². The fourth-order valence-electron chi connectivity index (χ4n) is 1.33. The Hall–Kier alpha value is -2.42. The summed E-state index contributed by atoms with van der Waals surface area (Å²) in [5.74, 6) is 2.32. The van der Waals surface area contributed by atoms with Gasteiger partial charge in [0.1, 0.15) is 17.4 Å². The average Bonchev–Trinajstić information content (AvgIpc) is 2.37. The van der Waals surface area contributed by atoms with Gasteiger partial charge in [-0.1, -0.05) is 6.07 Å². The minimum Gasteiger partial charge on any atom is -0.439 e. The van der Waals surface area contributed by atoms with Gasteiger partial charge in [-0.05, 0) is 12.1 Å². The second-order valence-corrected chi connectivity index (χ2v) is 3.62. The molecule has 0 aliphatic heterocycles. The van der Waals surface area contributed by atoms with Crippen LogP contribution in [0.2, 0.25) is 0 Å². The van der Waals surface area contributed by atoms with E-state index in [1.807, 2.05) is 5.43 Å². The van der Waals surface area contributed by atoms with Crippen LogP contribution < -0.4 is 16.0 Å². The molecule has 0 fully saturated rings. The number of hydrogen-bond donors (Lipinski definition) is 2. The molecule has 0 bridgehead atoms. The molecular weight excluding hydrogens is 280 g/mol. The van der Waals surface area contributed by atoms with Gasteiger partial charge in [-0.25, -0.2) is 15.2 Å². The maximum Gasteiger partial charge on any atom is 0.451 e. The molecule has 2 rings (SSSR count). The number of hydrogen-bond acceptors (Lipinski definition) is 5. The maximum absolute atomic E-state index is 13.0. The summed E-state index contributed by atoms with van der Waals surface area (Å²) in [6, 6.07) is 5.94. The fourth-order valence-corrected chi connectivity index (χ4v) is 1.33. The van der Waals surface area contributed by atoms with E-state index >= 15 is 0 Å². The number of anilines is 1. The first kappa shape index (κ1) is 14.0. The van der Waals surface area contributed by atoms with E-state index in [2.05, 4.69) is 9.97 Å². The molecule has 5 nitrogen and oxygen atoms in total. The third-order valence-corrected chi connectivity index (χ3v) is 2.12. The van der Waals surface area contributed by atoms with Gasteiger partial charge in [0, 0.05) is 12.1 Å². The normalized spacial score (nSPS) is 11.2. The molecule has 0 spiro atoms. The number of ether oxygens (including phenoxy) is 1. The second kappa shape index (κ2) is 5.29. The van der Waals surface area contributed by atoms with E-state index in [0.717, 1.165) is 12.1 Å². The van der Waals surface area contributed by atoms with E-state index in [9.17, 15) is 17.6 Å². The molecule has 1 aromatic carbocycles. The van der Waals surface area contributed by atoms with Crippen molar-refractivity contribution in [2.45, 2.75) is 6.18 Å². The number of nitrogens with zero attached hydrogens (tertiary/aromatic N) is 2. The van der Waals surface area contributed by atoms with Gasteiger partial charge >= 0.3 is 6.18 Å². The molecule has 0 unspecified atom stereocenters. The Kier molecular flexibility index (Phi) is 3.70. The summed E-state index contributed by atoms with van der Waals surface area (Å²) in [5, 5.41) is 0. The van der Waals surface area contributed by atoms with Crippen LogP contribution >= 0.6 is 0 Å². The number of rotatable bonds is 3. The van der Waals surface area contributed by atoms with Crippen LogP contribution in [0.15, 0.2) is 30.3 Å². The van der Waals surface area contributed by atoms with Crippen molar-refractivity contribution in [3.63, 3.8) is 0 Å². The zero-order chi connectivity index (χ0) is 14.8. The summed E-state index contributed by atoms with van der Waals surface area (Å²) in [6.45, 7) is 0. The van der Waals surface area contributed by atoms with E-state index < -0.39 is 23.7 Å². The predicted molar refractivity (Wildman–Crippen MR) is 61.3 cm³/mol. The summed E-state index contributed by atoms with van der Waals surface area (Å²) in [5.41, 5.74) is 1.97. The van der Waals surface area contributed by atoms with Crippen LogP contribution in [0.4, 0.5) is 23.4 Å². The van der Waals surface area contributed by atoms with Gasteiger partial charge in [-0.2, -0.15) is 18.2 Å². The van der Waals surface area contributed by atoms with Crippen molar-refractivity contribution in [1.82, 2.24) is 9.97 Å². The molecule has 0 aliphatic carbocycles. The fraction of sp³-hybridized carbons (Fsp3) is 0.0909. The van der Waals surface area contributed by atoms with Crippen LogP contribution in [0.1, 0.15) is 5.82 Å². The Balaban J connectivity index is 2.36. The van der Waals surface area contributed by atoms with Crippen molar-refractivity contribution in [3.05, 3.63) is 42.0 Å². The molecule has 106 valence electrons. The van der Waals surface area contributed by atoms with Crippen molar-refractivity contribution in [2.24, 2.45) is 5.84 Å². The second-order valence-electron chi connectivity index (χ2n) is 3.62. The van der Waals surface area contributed by atoms with Gasteiger partial charge < -0.3 is 10.2 Å². The Morgan fingerprint density at radius 1 is 1.15 bits per heavy atom. The number of aromatic nitrogens is 2. The summed E-state index contributed by atoms with van der Waals surface area (Å²) in [4.78, 5) is 6.36. The van der Waals surface area contributed by atoms with Crippen LogP contribution in [-0.4, -0.2) is 9.97 Å². The SMILES string of the molecule is NNc1cc(Oc2cccc(F)c2)nc(C(F)(F)F)n1. The Morgan fingerprint density at radius 3 is 2.50 bits per heavy atom. The number of benzene rings is 1. The summed E-state index contributed by atoms with van der Waals surface area (Å²) in [6.07, 6.45) is -4.76. The standard InChI is InChI=1S/C11H8F4N4O/c12-6-2-1-3-7(4-6)20-9-5-8(19-16)17-10(18-9)11(13,14)15/h1-5H,16H2,(H,17,18,19). The number of nitrogens with one attached hydrogen (secondary N) is 1. The molecule has 0 aliphatic rings. The van der Waals surface area contributed by atoms with Crippen LogP contribution in [0.3, 0.4) is 0 Å². The van der Waals surface area contributed by atoms with Gasteiger partial charge in [0.25, 0.3) is 0 Å². The number of nitrogen functional groups attached to an aromatic ring is 1. The summed E-state index contributed by atoms with van der Waals surface area (Å²) in [7, 11) is 0. The van der Waals surface area contributed by atoms with E-state index in [1.54, 1.807) is 0 Å². The number of halogens is 4. The molecular formula is C11H8F4N4O. The Labute approximate surface area is 110 Å². The van der Waals surface area contributed by atoms with Crippen LogP contribution in [0.5, 0.6) is 11.6 Å². The molecule has 3 N–H and O–H groups in total. The summed E-state index contributed by atoms with van der Waals surface area (Å²) >= 11 is 0. The van der Waals surface area contributed by atoms with Gasteiger partial charge in [0.05, 0.1) is 0 Å². The maximum atomic E-state index is 13.0. The first-order chi connectivity index (χ1) is 9.38. The Bertz CT molecular complexity index is 618. The zero-order valence-corrected chi connectivity index (χ0v) is 9.78. The minimum absolute atomic E-state index is 0.000189. The Morgan fingerprint density at radius 2 is 1.90 bits per heavy atom. The lowest BCUT2D eigenvalue weighted by molar-refractivity contribution is -0.145. The zero-order valence-electron chi connectivity index (χ0n) is 9.78. The molecule has 0 saturated heterocycles. The minimum atomic E-state index is -4.76. The molecule has 20 heavy (non-hydrogen) atoms. The molecule has 2 aromatic rings. The van der Waals surface area contributed by atoms with Crippen LogP contribution in [0.25, 0.3) is 0 Å². The molecule has 9 heteroatoms. The molecule has 0 radical (unpaired) electrons. The lowest BCUT2D eigenvalue weighted by Gasteiger charge is -2.10. The first-order valence-electron chi connectivity index (χ1n) is 5.25.